The zero-order valence-electron chi connectivity index (χ0n) is 14.7. The van der Waals surface area contributed by atoms with Crippen molar-refractivity contribution in [2.45, 2.75) is 26.3 Å². The second-order valence-corrected chi connectivity index (χ2v) is 5.25. The molecule has 138 valence electrons. The van der Waals surface area contributed by atoms with Crippen LogP contribution in [-0.2, 0) is 16.0 Å². The van der Waals surface area contributed by atoms with Crippen LogP contribution in [0.2, 0.25) is 0 Å². The van der Waals surface area contributed by atoms with Crippen LogP contribution in [0.1, 0.15) is 24.0 Å². The Balaban J connectivity index is 0.00000529. The number of ether oxygens (including phenoxy) is 2. The molecule has 0 aliphatic heterocycles. The maximum Gasteiger partial charge on any atom is 0.191 e. The Labute approximate surface area is 161 Å². The summed E-state index contributed by atoms with van der Waals surface area (Å²) in [5, 5.41) is 6.41. The van der Waals surface area contributed by atoms with Crippen molar-refractivity contribution in [1.82, 2.24) is 10.6 Å². The molecule has 0 aromatic heterocycles. The van der Waals surface area contributed by atoms with E-state index < -0.39 is 0 Å². The van der Waals surface area contributed by atoms with Gasteiger partial charge in [0.1, 0.15) is 5.82 Å². The molecule has 0 amide bonds. The molecular formula is C17H29FIN3O2. The molecule has 0 bridgehead atoms. The second kappa shape index (κ2) is 14.4. The van der Waals surface area contributed by atoms with Crippen LogP contribution in [0.15, 0.2) is 23.2 Å². The van der Waals surface area contributed by atoms with Crippen LogP contribution in [-0.4, -0.2) is 46.5 Å². The van der Waals surface area contributed by atoms with E-state index in [0.29, 0.717) is 31.3 Å². The molecule has 0 saturated carbocycles. The first-order valence-electron chi connectivity index (χ1n) is 7.93. The van der Waals surface area contributed by atoms with Gasteiger partial charge < -0.3 is 20.1 Å². The van der Waals surface area contributed by atoms with Gasteiger partial charge in [0.15, 0.2) is 5.96 Å². The number of aryl methyl sites for hydroxylation is 1. The highest BCUT2D eigenvalue weighted by Gasteiger charge is 2.01. The lowest BCUT2D eigenvalue weighted by atomic mass is 10.1. The van der Waals surface area contributed by atoms with Crippen LogP contribution in [0.25, 0.3) is 0 Å². The summed E-state index contributed by atoms with van der Waals surface area (Å²) >= 11 is 0. The maximum absolute atomic E-state index is 13.5. The molecular weight excluding hydrogens is 424 g/mol. The van der Waals surface area contributed by atoms with Crippen LogP contribution < -0.4 is 10.6 Å². The van der Waals surface area contributed by atoms with Crippen LogP contribution in [0, 0.1) is 12.7 Å². The predicted octanol–water partition coefficient (Wildman–Crippen LogP) is 2.86. The lowest BCUT2D eigenvalue weighted by Gasteiger charge is -2.12. The summed E-state index contributed by atoms with van der Waals surface area (Å²) in [6, 6.07) is 5.25. The van der Waals surface area contributed by atoms with E-state index in [4.69, 9.17) is 9.47 Å². The molecule has 5 nitrogen and oxygen atoms in total. The number of guanidine groups is 1. The number of nitrogens with zero attached hydrogens (tertiary/aromatic N) is 1. The summed E-state index contributed by atoms with van der Waals surface area (Å²) in [5.41, 5.74) is 1.55. The highest BCUT2D eigenvalue weighted by atomic mass is 127. The molecule has 0 aliphatic carbocycles. The Kier molecular flexibility index (Phi) is 13.9. The van der Waals surface area contributed by atoms with Crippen molar-refractivity contribution in [2.24, 2.45) is 4.99 Å². The lowest BCUT2D eigenvalue weighted by molar-refractivity contribution is 0.0689. The van der Waals surface area contributed by atoms with Crippen LogP contribution >= 0.6 is 24.0 Å². The molecule has 0 unspecified atom stereocenters. The summed E-state index contributed by atoms with van der Waals surface area (Å²) < 4.78 is 23.8. The number of hydrogen-bond donors (Lipinski definition) is 2. The van der Waals surface area contributed by atoms with E-state index in [9.17, 15) is 4.39 Å². The van der Waals surface area contributed by atoms with E-state index in [1.807, 2.05) is 6.07 Å². The Bertz CT molecular complexity index is 487. The van der Waals surface area contributed by atoms with Gasteiger partial charge in [-0.1, -0.05) is 12.1 Å². The molecule has 2 N–H and O–H groups in total. The zero-order valence-corrected chi connectivity index (χ0v) is 17.1. The fraction of sp³-hybridized carbons (Fsp3) is 0.588. The Hall–Kier alpha value is -0.930. The Morgan fingerprint density at radius 1 is 1.17 bits per heavy atom. The summed E-state index contributed by atoms with van der Waals surface area (Å²) in [7, 11) is 3.38. The summed E-state index contributed by atoms with van der Waals surface area (Å²) in [5.74, 6) is 0.534. The van der Waals surface area contributed by atoms with Gasteiger partial charge in [-0.25, -0.2) is 4.39 Å². The third-order valence-electron chi connectivity index (χ3n) is 3.36. The number of aliphatic imine (C=N–C) groups is 1. The number of benzene rings is 1. The third kappa shape index (κ3) is 10.0. The van der Waals surface area contributed by atoms with E-state index in [0.717, 1.165) is 31.6 Å². The Morgan fingerprint density at radius 3 is 2.62 bits per heavy atom. The molecule has 0 saturated heterocycles. The first-order valence-corrected chi connectivity index (χ1v) is 7.93. The minimum Gasteiger partial charge on any atom is -0.382 e. The zero-order chi connectivity index (χ0) is 16.9. The van der Waals surface area contributed by atoms with Gasteiger partial charge in [0.25, 0.3) is 0 Å². The molecule has 0 fully saturated rings. The standard InChI is InChI=1S/C17H28FN3O2.HI/c1-14-6-7-15(12-16(14)18)13-21-17(19-2)20-8-4-5-9-23-11-10-22-3;/h6-7,12H,4-5,8-11,13H2,1-3H3,(H2,19,20,21);1H. The van der Waals surface area contributed by atoms with Gasteiger partial charge in [0, 0.05) is 33.9 Å². The van der Waals surface area contributed by atoms with Crippen LogP contribution in [0.5, 0.6) is 0 Å². The molecule has 24 heavy (non-hydrogen) atoms. The number of hydrogen-bond acceptors (Lipinski definition) is 3. The normalized spacial score (nSPS) is 11.1. The number of unbranched alkanes of at least 4 members (excludes halogenated alkanes) is 1. The van der Waals surface area contributed by atoms with E-state index >= 15 is 0 Å². The molecule has 0 heterocycles. The average molecular weight is 453 g/mol. The quantitative estimate of drug-likeness (QED) is 0.248. The summed E-state index contributed by atoms with van der Waals surface area (Å²) in [6.45, 7) is 5.12. The SMILES string of the molecule is CN=C(NCCCCOCCOC)NCc1ccc(C)c(F)c1.I. The van der Waals surface area contributed by atoms with Gasteiger partial charge in [0.05, 0.1) is 13.2 Å². The van der Waals surface area contributed by atoms with E-state index in [1.54, 1.807) is 33.2 Å². The topological polar surface area (TPSA) is 54.9 Å². The maximum atomic E-state index is 13.5. The molecule has 0 spiro atoms. The molecule has 1 aromatic rings. The second-order valence-electron chi connectivity index (χ2n) is 5.25. The van der Waals surface area contributed by atoms with Crippen molar-refractivity contribution < 1.29 is 13.9 Å². The molecule has 7 heteroatoms. The van der Waals surface area contributed by atoms with Gasteiger partial charge in [-0.3, -0.25) is 4.99 Å². The van der Waals surface area contributed by atoms with E-state index in [2.05, 4.69) is 15.6 Å². The van der Waals surface area contributed by atoms with E-state index in [1.165, 1.54) is 0 Å². The first-order chi connectivity index (χ1) is 11.2. The summed E-state index contributed by atoms with van der Waals surface area (Å²) in [6.07, 6.45) is 1.98. The summed E-state index contributed by atoms with van der Waals surface area (Å²) in [4.78, 5) is 4.15. The number of rotatable bonds is 10. The largest absolute Gasteiger partial charge is 0.382 e. The van der Waals surface area contributed by atoms with Crippen LogP contribution in [0.3, 0.4) is 0 Å². The first kappa shape index (κ1) is 23.1. The van der Waals surface area contributed by atoms with Crippen LogP contribution in [0.4, 0.5) is 4.39 Å². The number of halogens is 2. The van der Waals surface area contributed by atoms with Gasteiger partial charge in [0.2, 0.25) is 0 Å². The highest BCUT2D eigenvalue weighted by molar-refractivity contribution is 14.0. The predicted molar refractivity (Wildman–Crippen MR) is 107 cm³/mol. The Morgan fingerprint density at radius 2 is 1.96 bits per heavy atom. The third-order valence-corrected chi connectivity index (χ3v) is 3.36. The van der Waals surface area contributed by atoms with Gasteiger partial charge in [-0.05, 0) is 37.0 Å². The molecule has 0 radical (unpaired) electrons. The fourth-order valence-electron chi connectivity index (χ4n) is 1.93. The van der Waals surface area contributed by atoms with Gasteiger partial charge in [-0.2, -0.15) is 0 Å². The molecule has 0 aliphatic rings. The minimum absolute atomic E-state index is 0. The number of methoxy groups -OCH3 is 1. The van der Waals surface area contributed by atoms with E-state index in [-0.39, 0.29) is 29.8 Å². The van der Waals surface area contributed by atoms with Crippen molar-refractivity contribution in [3.8, 4) is 0 Å². The highest BCUT2D eigenvalue weighted by Crippen LogP contribution is 2.08. The van der Waals surface area contributed by atoms with Crippen molar-refractivity contribution in [2.75, 3.05) is 40.5 Å². The van der Waals surface area contributed by atoms with Gasteiger partial charge >= 0.3 is 0 Å². The molecule has 1 aromatic carbocycles. The molecule has 1 rings (SSSR count). The van der Waals surface area contributed by atoms with Crippen molar-refractivity contribution >= 4 is 29.9 Å². The number of nitrogens with one attached hydrogen (secondary N) is 2. The van der Waals surface area contributed by atoms with Crippen molar-refractivity contribution in [3.63, 3.8) is 0 Å². The fourth-order valence-corrected chi connectivity index (χ4v) is 1.93. The molecule has 0 atom stereocenters. The average Bonchev–Trinajstić information content (AvgIpc) is 2.56. The monoisotopic (exact) mass is 453 g/mol. The van der Waals surface area contributed by atoms with Crippen molar-refractivity contribution in [1.29, 1.82) is 0 Å². The van der Waals surface area contributed by atoms with Crippen molar-refractivity contribution in [3.05, 3.63) is 35.1 Å². The minimum atomic E-state index is -0.180. The lowest BCUT2D eigenvalue weighted by Crippen LogP contribution is -2.37. The smallest absolute Gasteiger partial charge is 0.191 e. The van der Waals surface area contributed by atoms with Gasteiger partial charge in [-0.15, -0.1) is 24.0 Å².